The Morgan fingerprint density at radius 2 is 2.00 bits per heavy atom. The maximum Gasteiger partial charge on any atom is 0.303 e. The predicted octanol–water partition coefficient (Wildman–Crippen LogP) is 2.39. The first-order chi connectivity index (χ1) is 12.5. The van der Waals surface area contributed by atoms with Crippen LogP contribution in [0.15, 0.2) is 34.4 Å². The highest BCUT2D eigenvalue weighted by Gasteiger charge is 2.36. The minimum atomic E-state index is -0.950. The van der Waals surface area contributed by atoms with Crippen LogP contribution in [0.25, 0.3) is 10.4 Å². The third-order valence-electron chi connectivity index (χ3n) is 5.30. The second-order valence-electron chi connectivity index (χ2n) is 7.06. The number of aromatic nitrogens is 1. The summed E-state index contributed by atoms with van der Waals surface area (Å²) in [5.41, 5.74) is 1.77. The molecule has 2 aliphatic rings. The van der Waals surface area contributed by atoms with Gasteiger partial charge in [-0.3, -0.25) is 14.4 Å². The lowest BCUT2D eigenvalue weighted by Crippen LogP contribution is -2.49. The number of carboxylic acids is 1. The van der Waals surface area contributed by atoms with Crippen LogP contribution in [0.3, 0.4) is 0 Å². The van der Waals surface area contributed by atoms with E-state index in [1.807, 2.05) is 34.2 Å². The van der Waals surface area contributed by atoms with Gasteiger partial charge in [0, 0.05) is 42.5 Å². The first kappa shape index (κ1) is 17.0. The van der Waals surface area contributed by atoms with E-state index in [4.69, 9.17) is 5.11 Å². The van der Waals surface area contributed by atoms with E-state index >= 15 is 0 Å². The van der Waals surface area contributed by atoms with E-state index in [2.05, 4.69) is 0 Å². The van der Waals surface area contributed by atoms with Crippen molar-refractivity contribution in [1.82, 2.24) is 9.47 Å². The van der Waals surface area contributed by atoms with Crippen molar-refractivity contribution in [3.8, 4) is 10.4 Å². The Morgan fingerprint density at radius 1 is 1.15 bits per heavy atom. The molecule has 4 heterocycles. The zero-order valence-corrected chi connectivity index (χ0v) is 15.1. The Kier molecular flexibility index (Phi) is 4.40. The van der Waals surface area contributed by atoms with E-state index in [-0.39, 0.29) is 36.1 Å². The minimum absolute atomic E-state index is 0.0406. The number of hydrogen-bond acceptors (Lipinski definition) is 4. The van der Waals surface area contributed by atoms with Crippen molar-refractivity contribution >= 4 is 23.2 Å². The van der Waals surface area contributed by atoms with Crippen LogP contribution >= 0.6 is 11.3 Å². The first-order valence-electron chi connectivity index (χ1n) is 8.80. The maximum atomic E-state index is 13.0. The van der Waals surface area contributed by atoms with E-state index in [1.165, 1.54) is 0 Å². The van der Waals surface area contributed by atoms with E-state index in [0.29, 0.717) is 19.6 Å². The van der Waals surface area contributed by atoms with Crippen LogP contribution in [0.1, 0.15) is 30.9 Å². The standard InChI is InChI=1S/C19H20N2O4S/c22-17(5-6-18(23)24)20-9-12-8-13(11-20)15-4-3-14(16-2-1-7-26-16)19(25)21(15)10-12/h1-4,7,12-13H,5-6,8-11H2,(H,23,24). The molecule has 1 fully saturated rings. The van der Waals surface area contributed by atoms with Crippen LogP contribution < -0.4 is 5.56 Å². The molecule has 1 N–H and O–H groups in total. The van der Waals surface area contributed by atoms with E-state index < -0.39 is 5.97 Å². The molecule has 2 aliphatic heterocycles. The quantitative estimate of drug-likeness (QED) is 0.894. The number of carbonyl (C=O) groups excluding carboxylic acids is 1. The third-order valence-corrected chi connectivity index (χ3v) is 6.20. The summed E-state index contributed by atoms with van der Waals surface area (Å²) in [6, 6.07) is 7.81. The summed E-state index contributed by atoms with van der Waals surface area (Å²) in [7, 11) is 0. The van der Waals surface area contributed by atoms with Gasteiger partial charge in [0.25, 0.3) is 5.56 Å². The lowest BCUT2D eigenvalue weighted by molar-refractivity contribution is -0.141. The van der Waals surface area contributed by atoms with Gasteiger partial charge in [-0.15, -0.1) is 11.3 Å². The Balaban J connectivity index is 1.59. The van der Waals surface area contributed by atoms with Crippen LogP contribution in [0.5, 0.6) is 0 Å². The average Bonchev–Trinajstić information content (AvgIpc) is 3.14. The number of nitrogens with zero attached hydrogens (tertiary/aromatic N) is 2. The maximum absolute atomic E-state index is 13.0. The number of piperidine rings is 1. The molecule has 1 amide bonds. The molecule has 2 unspecified atom stereocenters. The van der Waals surface area contributed by atoms with Gasteiger partial charge in [0.1, 0.15) is 0 Å². The zero-order chi connectivity index (χ0) is 18.3. The number of likely N-dealkylation sites (tertiary alicyclic amines) is 1. The van der Waals surface area contributed by atoms with Gasteiger partial charge in [0.05, 0.1) is 12.0 Å². The molecule has 0 aromatic carbocycles. The first-order valence-corrected chi connectivity index (χ1v) is 9.68. The number of carboxylic acid groups (broad SMARTS) is 1. The van der Waals surface area contributed by atoms with Gasteiger partial charge in [-0.25, -0.2) is 0 Å². The van der Waals surface area contributed by atoms with Gasteiger partial charge in [-0.05, 0) is 35.9 Å². The summed E-state index contributed by atoms with van der Waals surface area (Å²) < 4.78 is 1.88. The molecule has 0 radical (unpaired) electrons. The Bertz CT molecular complexity index is 903. The molecule has 0 aliphatic carbocycles. The SMILES string of the molecule is O=C(O)CCC(=O)N1CC2CC(C1)c1ccc(-c3cccs3)c(=O)n1C2. The summed E-state index contributed by atoms with van der Waals surface area (Å²) in [6.45, 7) is 1.78. The Hall–Kier alpha value is -2.41. The highest BCUT2D eigenvalue weighted by Crippen LogP contribution is 2.36. The van der Waals surface area contributed by atoms with E-state index in [0.717, 1.165) is 22.6 Å². The molecular formula is C19H20N2O4S. The fourth-order valence-electron chi connectivity index (χ4n) is 4.14. The van der Waals surface area contributed by atoms with Crippen molar-refractivity contribution in [2.24, 2.45) is 5.92 Å². The van der Waals surface area contributed by atoms with Gasteiger partial charge in [0.2, 0.25) is 5.91 Å². The molecule has 4 rings (SSSR count). The van der Waals surface area contributed by atoms with Gasteiger partial charge >= 0.3 is 5.97 Å². The largest absolute Gasteiger partial charge is 0.481 e. The van der Waals surface area contributed by atoms with Crippen molar-refractivity contribution in [3.05, 3.63) is 45.7 Å². The van der Waals surface area contributed by atoms with Crippen molar-refractivity contribution < 1.29 is 14.7 Å². The predicted molar refractivity (Wildman–Crippen MR) is 98.3 cm³/mol. The number of fused-ring (bicyclic) bond motifs is 4. The number of carbonyl (C=O) groups is 2. The number of thiophene rings is 1. The summed E-state index contributed by atoms with van der Waals surface area (Å²) >= 11 is 1.56. The molecule has 7 heteroatoms. The second kappa shape index (κ2) is 6.72. The fraction of sp³-hybridized carbons (Fsp3) is 0.421. The van der Waals surface area contributed by atoms with E-state index in [9.17, 15) is 14.4 Å². The minimum Gasteiger partial charge on any atom is -0.481 e. The lowest BCUT2D eigenvalue weighted by atomic mass is 9.82. The van der Waals surface area contributed by atoms with Crippen molar-refractivity contribution in [3.63, 3.8) is 0 Å². The normalized spacial score (nSPS) is 21.3. The molecule has 136 valence electrons. The van der Waals surface area contributed by atoms with Crippen LogP contribution in [0.2, 0.25) is 0 Å². The highest BCUT2D eigenvalue weighted by atomic mass is 32.1. The van der Waals surface area contributed by atoms with Crippen molar-refractivity contribution in [1.29, 1.82) is 0 Å². The van der Waals surface area contributed by atoms with Gasteiger partial charge in [-0.2, -0.15) is 0 Å². The van der Waals surface area contributed by atoms with Gasteiger partial charge < -0.3 is 14.6 Å². The molecule has 2 aromatic heterocycles. The number of pyridine rings is 1. The highest BCUT2D eigenvalue weighted by molar-refractivity contribution is 7.13. The molecule has 2 atom stereocenters. The molecule has 2 aromatic rings. The van der Waals surface area contributed by atoms with Crippen LogP contribution in [0, 0.1) is 5.92 Å². The van der Waals surface area contributed by atoms with Gasteiger partial charge in [-0.1, -0.05) is 6.07 Å². The molecule has 26 heavy (non-hydrogen) atoms. The van der Waals surface area contributed by atoms with Crippen LogP contribution in [-0.4, -0.2) is 39.5 Å². The van der Waals surface area contributed by atoms with Crippen molar-refractivity contribution in [2.45, 2.75) is 31.7 Å². The molecule has 2 bridgehead atoms. The molecule has 1 saturated heterocycles. The third kappa shape index (κ3) is 3.07. The second-order valence-corrected chi connectivity index (χ2v) is 8.00. The zero-order valence-electron chi connectivity index (χ0n) is 14.3. The molecular weight excluding hydrogens is 352 g/mol. The number of rotatable bonds is 4. The lowest BCUT2D eigenvalue weighted by Gasteiger charge is -2.43. The summed E-state index contributed by atoms with van der Waals surface area (Å²) in [6.07, 6.45) is 0.879. The van der Waals surface area contributed by atoms with Crippen LogP contribution in [0.4, 0.5) is 0 Å². The topological polar surface area (TPSA) is 79.6 Å². The molecule has 6 nitrogen and oxygen atoms in total. The summed E-state index contributed by atoms with van der Waals surface area (Å²) in [5.74, 6) is -0.672. The van der Waals surface area contributed by atoms with E-state index in [1.54, 1.807) is 16.2 Å². The fourth-order valence-corrected chi connectivity index (χ4v) is 4.88. The number of amides is 1. The summed E-state index contributed by atoms with van der Waals surface area (Å²) in [5, 5.41) is 10.7. The number of aliphatic carboxylic acids is 1. The van der Waals surface area contributed by atoms with Crippen LogP contribution in [-0.2, 0) is 16.1 Å². The Morgan fingerprint density at radius 3 is 2.73 bits per heavy atom. The molecule has 0 saturated carbocycles. The smallest absolute Gasteiger partial charge is 0.303 e. The van der Waals surface area contributed by atoms with Gasteiger partial charge in [0.15, 0.2) is 0 Å². The average molecular weight is 372 g/mol. The molecule has 0 spiro atoms. The van der Waals surface area contributed by atoms with Crippen molar-refractivity contribution in [2.75, 3.05) is 13.1 Å². The Labute approximate surface area is 154 Å². The monoisotopic (exact) mass is 372 g/mol. The summed E-state index contributed by atoms with van der Waals surface area (Å²) in [4.78, 5) is 38.7. The number of hydrogen-bond donors (Lipinski definition) is 1.